The van der Waals surface area contributed by atoms with Crippen molar-refractivity contribution in [3.8, 4) is 0 Å². The molecule has 0 amide bonds. The molecule has 0 radical (unpaired) electrons. The molecule has 1 rings (SSSR count). The molecule has 0 fully saturated rings. The summed E-state index contributed by atoms with van der Waals surface area (Å²) in [5.74, 6) is -1.69. The number of hydrogen-bond donors (Lipinski definition) is 0. The van der Waals surface area contributed by atoms with Crippen molar-refractivity contribution in [1.82, 2.24) is 0 Å². The summed E-state index contributed by atoms with van der Waals surface area (Å²) in [7, 11) is 0. The van der Waals surface area contributed by atoms with E-state index in [0.717, 1.165) is 12.1 Å². The van der Waals surface area contributed by atoms with Gasteiger partial charge in [-0.3, -0.25) is 4.79 Å². The molecule has 1 aromatic rings. The van der Waals surface area contributed by atoms with E-state index >= 15 is 0 Å². The van der Waals surface area contributed by atoms with E-state index in [9.17, 15) is 13.6 Å². The molecule has 0 saturated carbocycles. The average molecular weight is 230 g/mol. The summed E-state index contributed by atoms with van der Waals surface area (Å²) in [6, 6.07) is 1.94. The Hall–Kier alpha value is -1.25. The lowest BCUT2D eigenvalue weighted by molar-refractivity contribution is 0.101. The number of carbonyl (C=O) groups is 1. The third kappa shape index (κ3) is 5.01. The molecule has 0 aliphatic rings. The maximum Gasteiger partial charge on any atom is 0.162 e. The maximum absolute atomic E-state index is 12.9. The Morgan fingerprint density at radius 3 is 1.81 bits per heavy atom. The van der Waals surface area contributed by atoms with Gasteiger partial charge < -0.3 is 0 Å². The second-order valence-corrected chi connectivity index (χ2v) is 2.64. The SMILES string of the molecule is CC.CC.CC(=O)c1cc(F)c(C)cc1F. The van der Waals surface area contributed by atoms with E-state index in [4.69, 9.17) is 0 Å². The summed E-state index contributed by atoms with van der Waals surface area (Å²) >= 11 is 0. The minimum absolute atomic E-state index is 0.196. The van der Waals surface area contributed by atoms with Gasteiger partial charge >= 0.3 is 0 Å². The summed E-state index contributed by atoms with van der Waals surface area (Å²) in [6.07, 6.45) is 0. The highest BCUT2D eigenvalue weighted by Crippen LogP contribution is 2.14. The van der Waals surface area contributed by atoms with Crippen LogP contribution in [0, 0.1) is 18.6 Å². The highest BCUT2D eigenvalue weighted by molar-refractivity contribution is 5.94. The standard InChI is InChI=1S/C9H8F2O.2C2H6/c1-5-3-9(11)7(6(2)12)4-8(5)10;2*1-2/h3-4H,1-2H3;2*1-2H3. The van der Waals surface area contributed by atoms with Crippen LogP contribution in [0.5, 0.6) is 0 Å². The Balaban J connectivity index is 0. The van der Waals surface area contributed by atoms with Crippen LogP contribution < -0.4 is 0 Å². The molecule has 0 saturated heterocycles. The fraction of sp³-hybridized carbons (Fsp3) is 0.462. The Bertz CT molecular complexity index is 333. The number of benzene rings is 1. The molecule has 0 bridgehead atoms. The fourth-order valence-electron chi connectivity index (χ4n) is 0.916. The van der Waals surface area contributed by atoms with Crippen LogP contribution in [-0.2, 0) is 0 Å². The number of carbonyl (C=O) groups excluding carboxylic acids is 1. The van der Waals surface area contributed by atoms with E-state index in [-0.39, 0.29) is 11.1 Å². The number of Topliss-reactive ketones (excluding diaryl/α,β-unsaturated/α-hetero) is 1. The molecule has 1 nitrogen and oxygen atoms in total. The topological polar surface area (TPSA) is 17.1 Å². The third-order valence-electron chi connectivity index (χ3n) is 1.63. The van der Waals surface area contributed by atoms with Crippen molar-refractivity contribution in [2.45, 2.75) is 41.5 Å². The second-order valence-electron chi connectivity index (χ2n) is 2.64. The molecule has 0 unspecified atom stereocenters. The first kappa shape index (κ1) is 17.2. The number of halogens is 2. The molecule has 0 N–H and O–H groups in total. The van der Waals surface area contributed by atoms with Crippen molar-refractivity contribution < 1.29 is 13.6 Å². The van der Waals surface area contributed by atoms with E-state index < -0.39 is 17.4 Å². The number of rotatable bonds is 1. The van der Waals surface area contributed by atoms with Gasteiger partial charge in [0, 0.05) is 0 Å². The van der Waals surface area contributed by atoms with Crippen molar-refractivity contribution in [2.24, 2.45) is 0 Å². The predicted octanol–water partition coefficient (Wildman–Crippen LogP) is 4.53. The molecule has 1 aromatic carbocycles. The number of hydrogen-bond acceptors (Lipinski definition) is 1. The molecule has 0 aliphatic heterocycles. The van der Waals surface area contributed by atoms with Gasteiger partial charge in [-0.25, -0.2) is 8.78 Å². The van der Waals surface area contributed by atoms with Crippen LogP contribution in [0.1, 0.15) is 50.5 Å². The number of ketones is 1. The zero-order chi connectivity index (χ0) is 13.3. The summed E-state index contributed by atoms with van der Waals surface area (Å²) in [6.45, 7) is 10.6. The van der Waals surface area contributed by atoms with Crippen LogP contribution >= 0.6 is 0 Å². The van der Waals surface area contributed by atoms with Crippen molar-refractivity contribution in [2.75, 3.05) is 0 Å². The van der Waals surface area contributed by atoms with Crippen molar-refractivity contribution >= 4 is 5.78 Å². The summed E-state index contributed by atoms with van der Waals surface area (Å²) < 4.78 is 25.7. The predicted molar refractivity (Wildman–Crippen MR) is 63.8 cm³/mol. The quantitative estimate of drug-likeness (QED) is 0.648. The van der Waals surface area contributed by atoms with Gasteiger partial charge in [0.2, 0.25) is 0 Å². The second kappa shape index (κ2) is 9.01. The molecule has 3 heteroatoms. The van der Waals surface area contributed by atoms with Crippen LogP contribution in [0.25, 0.3) is 0 Å². The van der Waals surface area contributed by atoms with Crippen LogP contribution in [0.2, 0.25) is 0 Å². The van der Waals surface area contributed by atoms with E-state index in [1.807, 2.05) is 27.7 Å². The molecular weight excluding hydrogens is 210 g/mol. The lowest BCUT2D eigenvalue weighted by Crippen LogP contribution is -1.99. The summed E-state index contributed by atoms with van der Waals surface area (Å²) in [5, 5.41) is 0. The van der Waals surface area contributed by atoms with Gasteiger partial charge in [0.05, 0.1) is 5.56 Å². The first-order valence-electron chi connectivity index (χ1n) is 5.49. The number of aryl methyl sites for hydroxylation is 1. The monoisotopic (exact) mass is 230 g/mol. The van der Waals surface area contributed by atoms with Gasteiger partial charge in [0.25, 0.3) is 0 Å². The largest absolute Gasteiger partial charge is 0.294 e. The third-order valence-corrected chi connectivity index (χ3v) is 1.63. The van der Waals surface area contributed by atoms with Crippen LogP contribution in [0.3, 0.4) is 0 Å². The van der Waals surface area contributed by atoms with E-state index in [1.165, 1.54) is 13.8 Å². The molecule has 0 aliphatic carbocycles. The highest BCUT2D eigenvalue weighted by Gasteiger charge is 2.10. The Morgan fingerprint density at radius 1 is 1.00 bits per heavy atom. The molecule has 0 aromatic heterocycles. The van der Waals surface area contributed by atoms with Gasteiger partial charge in [-0.15, -0.1) is 0 Å². The minimum atomic E-state index is -0.665. The lowest BCUT2D eigenvalue weighted by Gasteiger charge is -2.00. The summed E-state index contributed by atoms with van der Waals surface area (Å²) in [4.78, 5) is 10.7. The first-order chi connectivity index (χ1) is 7.52. The van der Waals surface area contributed by atoms with E-state index in [2.05, 4.69) is 0 Å². The Morgan fingerprint density at radius 2 is 1.44 bits per heavy atom. The lowest BCUT2D eigenvalue weighted by atomic mass is 10.1. The Labute approximate surface area is 96.5 Å². The van der Waals surface area contributed by atoms with Gasteiger partial charge in [-0.2, -0.15) is 0 Å². The smallest absolute Gasteiger partial charge is 0.162 e. The van der Waals surface area contributed by atoms with E-state index in [0.29, 0.717) is 0 Å². The molecule has 92 valence electrons. The molecule has 16 heavy (non-hydrogen) atoms. The normalized spacial score (nSPS) is 8.25. The van der Waals surface area contributed by atoms with Crippen LogP contribution in [0.4, 0.5) is 8.78 Å². The highest BCUT2D eigenvalue weighted by atomic mass is 19.1. The van der Waals surface area contributed by atoms with Gasteiger partial charge in [-0.1, -0.05) is 27.7 Å². The first-order valence-corrected chi connectivity index (χ1v) is 5.49. The zero-order valence-electron chi connectivity index (χ0n) is 10.8. The van der Waals surface area contributed by atoms with Crippen molar-refractivity contribution in [1.29, 1.82) is 0 Å². The van der Waals surface area contributed by atoms with E-state index in [1.54, 1.807) is 0 Å². The molecular formula is C13H20F2O. The Kier molecular flexibility index (Phi) is 9.66. The van der Waals surface area contributed by atoms with Gasteiger partial charge in [0.1, 0.15) is 11.6 Å². The molecule has 0 heterocycles. The summed E-state index contributed by atoms with van der Waals surface area (Å²) in [5.41, 5.74) is 0.00981. The zero-order valence-corrected chi connectivity index (χ0v) is 10.8. The van der Waals surface area contributed by atoms with Gasteiger partial charge in [-0.05, 0) is 31.5 Å². The van der Waals surface area contributed by atoms with Crippen LogP contribution in [0.15, 0.2) is 12.1 Å². The average Bonchev–Trinajstić information content (AvgIpc) is 2.28. The molecule has 0 atom stereocenters. The maximum atomic E-state index is 12.9. The molecule has 0 spiro atoms. The fourth-order valence-corrected chi connectivity index (χ4v) is 0.916. The van der Waals surface area contributed by atoms with Gasteiger partial charge in [0.15, 0.2) is 5.78 Å². The minimum Gasteiger partial charge on any atom is -0.294 e. The van der Waals surface area contributed by atoms with Crippen molar-refractivity contribution in [3.05, 3.63) is 34.9 Å². The van der Waals surface area contributed by atoms with Crippen molar-refractivity contribution in [3.63, 3.8) is 0 Å². The van der Waals surface area contributed by atoms with Crippen LogP contribution in [-0.4, -0.2) is 5.78 Å².